The third-order valence-electron chi connectivity index (χ3n) is 4.00. The van der Waals surface area contributed by atoms with Crippen molar-refractivity contribution in [1.82, 2.24) is 10.2 Å². The van der Waals surface area contributed by atoms with Crippen LogP contribution in [0.4, 0.5) is 0 Å². The molecule has 2 fully saturated rings. The van der Waals surface area contributed by atoms with Gasteiger partial charge in [-0.2, -0.15) is 11.8 Å². The van der Waals surface area contributed by atoms with E-state index in [1.54, 1.807) is 0 Å². The summed E-state index contributed by atoms with van der Waals surface area (Å²) in [4.78, 5) is 2.52. The van der Waals surface area contributed by atoms with Gasteiger partial charge in [-0.1, -0.05) is 0 Å². The largest absolute Gasteiger partial charge is 0.379 e. The second-order valence-corrected chi connectivity index (χ2v) is 6.63. The van der Waals surface area contributed by atoms with E-state index in [1.807, 2.05) is 0 Å². The van der Waals surface area contributed by atoms with Crippen LogP contribution >= 0.6 is 11.8 Å². The van der Waals surface area contributed by atoms with E-state index < -0.39 is 0 Å². The van der Waals surface area contributed by atoms with Crippen molar-refractivity contribution >= 4 is 11.8 Å². The van der Waals surface area contributed by atoms with Gasteiger partial charge in [0.05, 0.1) is 13.2 Å². The Balaban J connectivity index is 1.39. The summed E-state index contributed by atoms with van der Waals surface area (Å²) in [5, 5.41) is 3.61. The molecule has 0 aromatic rings. The molecule has 3 nitrogen and oxygen atoms in total. The van der Waals surface area contributed by atoms with Crippen LogP contribution in [0.25, 0.3) is 0 Å². The van der Waals surface area contributed by atoms with Gasteiger partial charge in [-0.3, -0.25) is 4.90 Å². The Morgan fingerprint density at radius 1 is 1.11 bits per heavy atom. The van der Waals surface area contributed by atoms with Gasteiger partial charge in [0.25, 0.3) is 0 Å². The monoisotopic (exact) mass is 272 g/mol. The number of nitrogens with zero attached hydrogens (tertiary/aromatic N) is 1. The van der Waals surface area contributed by atoms with Crippen LogP contribution in [0.5, 0.6) is 0 Å². The van der Waals surface area contributed by atoms with Crippen molar-refractivity contribution in [2.75, 3.05) is 57.4 Å². The summed E-state index contributed by atoms with van der Waals surface area (Å²) in [6.07, 6.45) is 5.55. The normalized spacial score (nSPS) is 23.3. The molecule has 4 heteroatoms. The van der Waals surface area contributed by atoms with E-state index in [0.717, 1.165) is 32.2 Å². The van der Waals surface area contributed by atoms with E-state index in [1.165, 1.54) is 56.8 Å². The highest BCUT2D eigenvalue weighted by atomic mass is 32.2. The molecule has 0 aromatic heterocycles. The minimum absolute atomic E-state index is 0.924. The topological polar surface area (TPSA) is 24.5 Å². The van der Waals surface area contributed by atoms with Crippen molar-refractivity contribution in [3.63, 3.8) is 0 Å². The first kappa shape index (κ1) is 14.6. The number of hydrogen-bond acceptors (Lipinski definition) is 4. The van der Waals surface area contributed by atoms with Crippen molar-refractivity contribution in [3.05, 3.63) is 0 Å². The second kappa shape index (κ2) is 9.18. The molecule has 0 aliphatic carbocycles. The minimum Gasteiger partial charge on any atom is -0.379 e. The fraction of sp³-hybridized carbons (Fsp3) is 1.00. The molecule has 106 valence electrons. The van der Waals surface area contributed by atoms with Gasteiger partial charge in [-0.15, -0.1) is 0 Å². The predicted molar refractivity (Wildman–Crippen MR) is 79.4 cm³/mol. The average molecular weight is 272 g/mol. The first-order valence-electron chi connectivity index (χ1n) is 7.54. The molecule has 2 heterocycles. The van der Waals surface area contributed by atoms with Crippen LogP contribution in [0, 0.1) is 5.92 Å². The van der Waals surface area contributed by atoms with Crippen LogP contribution in [0.15, 0.2) is 0 Å². The van der Waals surface area contributed by atoms with Gasteiger partial charge in [-0.05, 0) is 62.7 Å². The number of rotatable bonds is 7. The van der Waals surface area contributed by atoms with E-state index in [2.05, 4.69) is 22.0 Å². The smallest absolute Gasteiger partial charge is 0.0594 e. The molecule has 1 N–H and O–H groups in total. The highest BCUT2D eigenvalue weighted by molar-refractivity contribution is 7.99. The zero-order chi connectivity index (χ0) is 12.5. The van der Waals surface area contributed by atoms with Crippen LogP contribution in [-0.2, 0) is 4.74 Å². The highest BCUT2D eigenvalue weighted by Crippen LogP contribution is 2.24. The maximum Gasteiger partial charge on any atom is 0.0594 e. The molecule has 0 amide bonds. The molecule has 0 radical (unpaired) electrons. The van der Waals surface area contributed by atoms with Gasteiger partial charge in [0.2, 0.25) is 0 Å². The van der Waals surface area contributed by atoms with Crippen molar-refractivity contribution in [2.24, 2.45) is 5.92 Å². The summed E-state index contributed by atoms with van der Waals surface area (Å²) in [5.41, 5.74) is 0. The van der Waals surface area contributed by atoms with Gasteiger partial charge >= 0.3 is 0 Å². The fourth-order valence-corrected chi connectivity index (χ4v) is 3.92. The lowest BCUT2D eigenvalue weighted by molar-refractivity contribution is 0.0374. The number of nitrogens with one attached hydrogen (secondary N) is 1. The lowest BCUT2D eigenvalue weighted by Gasteiger charge is -2.26. The molecule has 2 rings (SSSR count). The second-order valence-electron chi connectivity index (χ2n) is 5.40. The maximum absolute atomic E-state index is 5.35. The van der Waals surface area contributed by atoms with Crippen molar-refractivity contribution in [2.45, 2.75) is 25.7 Å². The Labute approximate surface area is 116 Å². The van der Waals surface area contributed by atoms with Crippen LogP contribution < -0.4 is 5.32 Å². The molecule has 0 atom stereocenters. The standard InChI is InChI=1S/C14H28N2OS/c1(7-16-8-10-17-11-9-16)5-15-6-2-14-3-12-18-13-4-14/h14-15H,1-13H2. The fourth-order valence-electron chi connectivity index (χ4n) is 2.72. The molecule has 18 heavy (non-hydrogen) atoms. The van der Waals surface area contributed by atoms with Crippen LogP contribution in [0.3, 0.4) is 0 Å². The van der Waals surface area contributed by atoms with Gasteiger partial charge in [0.15, 0.2) is 0 Å². The zero-order valence-corrected chi connectivity index (χ0v) is 12.3. The quantitative estimate of drug-likeness (QED) is 0.715. The Hall–Kier alpha value is 0.230. The SMILES string of the molecule is C(CNCCC1CCSCC1)CN1CCOCC1. The van der Waals surface area contributed by atoms with Gasteiger partial charge in [0, 0.05) is 13.1 Å². The molecule has 2 saturated heterocycles. The summed E-state index contributed by atoms with van der Waals surface area (Å²) < 4.78 is 5.35. The van der Waals surface area contributed by atoms with Gasteiger partial charge in [-0.25, -0.2) is 0 Å². The van der Waals surface area contributed by atoms with Crippen molar-refractivity contribution in [1.29, 1.82) is 0 Å². The predicted octanol–water partition coefficient (Wildman–Crippen LogP) is 1.83. The van der Waals surface area contributed by atoms with Gasteiger partial charge < -0.3 is 10.1 Å². The molecular formula is C14H28N2OS. The Kier molecular flexibility index (Phi) is 7.47. The molecule has 2 aliphatic heterocycles. The average Bonchev–Trinajstić information content (AvgIpc) is 2.45. The summed E-state index contributed by atoms with van der Waals surface area (Å²) in [5.74, 6) is 3.78. The lowest BCUT2D eigenvalue weighted by Crippen LogP contribution is -2.37. The van der Waals surface area contributed by atoms with Crippen LogP contribution in [-0.4, -0.2) is 62.3 Å². The maximum atomic E-state index is 5.35. The number of hydrogen-bond donors (Lipinski definition) is 1. The third kappa shape index (κ3) is 5.91. The van der Waals surface area contributed by atoms with E-state index in [9.17, 15) is 0 Å². The van der Waals surface area contributed by atoms with Crippen LogP contribution in [0.2, 0.25) is 0 Å². The first-order chi connectivity index (χ1) is 8.95. The van der Waals surface area contributed by atoms with E-state index in [4.69, 9.17) is 4.74 Å². The number of ether oxygens (including phenoxy) is 1. The summed E-state index contributed by atoms with van der Waals surface area (Å²) in [7, 11) is 0. The van der Waals surface area contributed by atoms with Crippen molar-refractivity contribution < 1.29 is 4.74 Å². The summed E-state index contributed by atoms with van der Waals surface area (Å²) >= 11 is 2.13. The molecule has 0 unspecified atom stereocenters. The molecular weight excluding hydrogens is 244 g/mol. The summed E-state index contributed by atoms with van der Waals surface area (Å²) in [6, 6.07) is 0. The first-order valence-corrected chi connectivity index (χ1v) is 8.69. The minimum atomic E-state index is 0.924. The van der Waals surface area contributed by atoms with Gasteiger partial charge in [0.1, 0.15) is 0 Å². The molecule has 0 aromatic carbocycles. The lowest BCUT2D eigenvalue weighted by atomic mass is 9.99. The van der Waals surface area contributed by atoms with Crippen LogP contribution in [0.1, 0.15) is 25.7 Å². The molecule has 0 bridgehead atoms. The molecule has 0 saturated carbocycles. The number of thioether (sulfide) groups is 1. The number of morpholine rings is 1. The van der Waals surface area contributed by atoms with E-state index >= 15 is 0 Å². The third-order valence-corrected chi connectivity index (χ3v) is 5.05. The highest BCUT2D eigenvalue weighted by Gasteiger charge is 2.13. The van der Waals surface area contributed by atoms with E-state index in [0.29, 0.717) is 0 Å². The van der Waals surface area contributed by atoms with Crippen molar-refractivity contribution in [3.8, 4) is 0 Å². The summed E-state index contributed by atoms with van der Waals surface area (Å²) in [6.45, 7) is 7.73. The molecule has 2 aliphatic rings. The Morgan fingerprint density at radius 3 is 2.67 bits per heavy atom. The Bertz CT molecular complexity index is 182. The van der Waals surface area contributed by atoms with E-state index in [-0.39, 0.29) is 0 Å². The zero-order valence-electron chi connectivity index (χ0n) is 11.5. The Morgan fingerprint density at radius 2 is 1.89 bits per heavy atom. The molecule has 0 spiro atoms.